The van der Waals surface area contributed by atoms with Crippen molar-refractivity contribution in [1.82, 2.24) is 20.5 Å². The minimum atomic E-state index is -0.737. The van der Waals surface area contributed by atoms with Crippen LogP contribution < -0.4 is 21.6 Å². The molecule has 0 bridgehead atoms. The van der Waals surface area contributed by atoms with E-state index in [2.05, 4.69) is 36.9 Å². The van der Waals surface area contributed by atoms with Gasteiger partial charge in [-0.05, 0) is 71.9 Å². The summed E-state index contributed by atoms with van der Waals surface area (Å²) in [5.74, 6) is -0.169. The summed E-state index contributed by atoms with van der Waals surface area (Å²) in [6.45, 7) is 8.12. The van der Waals surface area contributed by atoms with Crippen LogP contribution in [0.3, 0.4) is 0 Å². The SMILES string of the molecule is Cc1c(CNC(=O)NC(C)(C)C)cc(Br)c2nc(N[C@@H](Cc3ccccc3)C(=O)N(C)Cc3ccccc3)oc(=O)c12. The van der Waals surface area contributed by atoms with Gasteiger partial charge in [0, 0.05) is 36.6 Å². The van der Waals surface area contributed by atoms with Crippen LogP contribution in [0.4, 0.5) is 10.8 Å². The Morgan fingerprint density at radius 1 is 1.02 bits per heavy atom. The van der Waals surface area contributed by atoms with Gasteiger partial charge in [-0.1, -0.05) is 60.7 Å². The lowest BCUT2D eigenvalue weighted by Gasteiger charge is -2.25. The highest BCUT2D eigenvalue weighted by Crippen LogP contribution is 2.28. The molecule has 4 aromatic rings. The second kappa shape index (κ2) is 13.2. The Labute approximate surface area is 253 Å². The number of fused-ring (bicyclic) bond motifs is 1. The lowest BCUT2D eigenvalue weighted by atomic mass is 10.0. The number of hydrogen-bond donors (Lipinski definition) is 3. The molecular formula is C32H36BrN5O4. The molecule has 42 heavy (non-hydrogen) atoms. The van der Waals surface area contributed by atoms with Crippen molar-refractivity contribution in [2.45, 2.75) is 58.8 Å². The van der Waals surface area contributed by atoms with Crippen LogP contribution in [-0.2, 0) is 24.3 Å². The normalized spacial score (nSPS) is 12.0. The first-order chi connectivity index (χ1) is 19.9. The van der Waals surface area contributed by atoms with Crippen molar-refractivity contribution < 1.29 is 14.0 Å². The minimum absolute atomic E-state index is 0.0505. The molecule has 9 nitrogen and oxygen atoms in total. The zero-order chi connectivity index (χ0) is 30.4. The number of anilines is 1. The number of nitrogens with zero attached hydrogens (tertiary/aromatic N) is 2. The summed E-state index contributed by atoms with van der Waals surface area (Å²) in [5, 5.41) is 9.08. The molecule has 220 valence electrons. The molecule has 1 heterocycles. The summed E-state index contributed by atoms with van der Waals surface area (Å²) in [4.78, 5) is 45.4. The van der Waals surface area contributed by atoms with Gasteiger partial charge in [0.1, 0.15) is 6.04 Å². The van der Waals surface area contributed by atoms with E-state index in [4.69, 9.17) is 4.42 Å². The number of benzene rings is 3. The number of amides is 3. The van der Waals surface area contributed by atoms with E-state index in [0.29, 0.717) is 33.9 Å². The maximum atomic E-state index is 13.7. The highest BCUT2D eigenvalue weighted by Gasteiger charge is 2.25. The first-order valence-corrected chi connectivity index (χ1v) is 14.5. The van der Waals surface area contributed by atoms with Crippen molar-refractivity contribution >= 4 is 44.8 Å². The van der Waals surface area contributed by atoms with Crippen LogP contribution >= 0.6 is 15.9 Å². The van der Waals surface area contributed by atoms with Crippen LogP contribution in [0.5, 0.6) is 0 Å². The molecule has 0 radical (unpaired) electrons. The fourth-order valence-corrected chi connectivity index (χ4v) is 5.18. The summed E-state index contributed by atoms with van der Waals surface area (Å²) in [6.07, 6.45) is 0.365. The van der Waals surface area contributed by atoms with Crippen molar-refractivity contribution in [3.8, 4) is 0 Å². The number of aromatic nitrogens is 1. The van der Waals surface area contributed by atoms with Crippen LogP contribution in [0.2, 0.25) is 0 Å². The Bertz CT molecular complexity index is 1620. The van der Waals surface area contributed by atoms with Crippen LogP contribution in [0.1, 0.15) is 43.0 Å². The van der Waals surface area contributed by atoms with E-state index in [1.807, 2.05) is 87.5 Å². The van der Waals surface area contributed by atoms with Crippen LogP contribution in [-0.4, -0.2) is 40.5 Å². The Hall–Kier alpha value is -4.18. The van der Waals surface area contributed by atoms with Crippen LogP contribution in [0.15, 0.2) is 80.4 Å². The standard InChI is InChI=1S/C32H36BrN5O4/c1-20-23(18-34-30(41)37-32(2,3)4)17-24(33)27-26(20)29(40)42-31(36-27)35-25(16-21-12-8-6-9-13-21)28(39)38(5)19-22-14-10-7-11-15-22/h6-15,17,25H,16,18-19H2,1-5H3,(H,35,36)(H2,34,37,41)/t25-/m0/s1. The highest BCUT2D eigenvalue weighted by atomic mass is 79.9. The summed E-state index contributed by atoms with van der Waals surface area (Å²) < 4.78 is 6.19. The number of nitrogens with one attached hydrogen (secondary N) is 3. The molecule has 0 spiro atoms. The minimum Gasteiger partial charge on any atom is -0.389 e. The predicted octanol–water partition coefficient (Wildman–Crippen LogP) is 5.54. The van der Waals surface area contributed by atoms with E-state index in [9.17, 15) is 14.4 Å². The Morgan fingerprint density at radius 2 is 1.64 bits per heavy atom. The number of rotatable bonds is 9. The number of likely N-dealkylation sites (N-methyl/N-ethyl adjacent to an activating group) is 1. The number of carbonyl (C=O) groups is 2. The summed E-state index contributed by atoms with van der Waals surface area (Å²) >= 11 is 3.54. The van der Waals surface area contributed by atoms with Gasteiger partial charge in [0.25, 0.3) is 6.01 Å². The number of halogens is 1. The highest BCUT2D eigenvalue weighted by molar-refractivity contribution is 9.10. The molecule has 0 saturated carbocycles. The van der Waals surface area contributed by atoms with E-state index >= 15 is 0 Å². The van der Waals surface area contributed by atoms with Crippen molar-refractivity contribution in [2.24, 2.45) is 0 Å². The molecule has 3 N–H and O–H groups in total. The van der Waals surface area contributed by atoms with E-state index < -0.39 is 11.7 Å². The molecule has 4 rings (SSSR count). The van der Waals surface area contributed by atoms with Gasteiger partial charge in [-0.2, -0.15) is 4.98 Å². The Morgan fingerprint density at radius 3 is 2.26 bits per heavy atom. The van der Waals surface area contributed by atoms with E-state index in [1.54, 1.807) is 18.9 Å². The molecule has 3 amide bonds. The molecule has 3 aromatic carbocycles. The average Bonchev–Trinajstić information content (AvgIpc) is 2.93. The number of hydrogen-bond acceptors (Lipinski definition) is 6. The third-order valence-corrected chi connectivity index (χ3v) is 7.28. The van der Waals surface area contributed by atoms with Gasteiger partial charge < -0.3 is 25.3 Å². The lowest BCUT2D eigenvalue weighted by molar-refractivity contribution is -0.131. The van der Waals surface area contributed by atoms with Gasteiger partial charge in [-0.25, -0.2) is 9.59 Å². The van der Waals surface area contributed by atoms with Crippen LogP contribution in [0.25, 0.3) is 10.9 Å². The lowest BCUT2D eigenvalue weighted by Crippen LogP contribution is -2.46. The van der Waals surface area contributed by atoms with Gasteiger partial charge >= 0.3 is 11.7 Å². The number of carbonyl (C=O) groups excluding carboxylic acids is 2. The molecule has 0 aliphatic carbocycles. The van der Waals surface area contributed by atoms with Gasteiger partial charge in [-0.15, -0.1) is 0 Å². The van der Waals surface area contributed by atoms with Gasteiger partial charge in [-0.3, -0.25) is 4.79 Å². The fraction of sp³-hybridized carbons (Fsp3) is 0.312. The van der Waals surface area contributed by atoms with Gasteiger partial charge in [0.05, 0.1) is 10.9 Å². The Balaban J connectivity index is 1.61. The van der Waals surface area contributed by atoms with E-state index in [-0.39, 0.29) is 30.0 Å². The molecule has 0 saturated heterocycles. The summed E-state index contributed by atoms with van der Waals surface area (Å²) in [6, 6.07) is 20.1. The molecule has 0 aliphatic heterocycles. The third kappa shape index (κ3) is 7.97. The first kappa shape index (κ1) is 30.8. The second-order valence-corrected chi connectivity index (χ2v) is 12.2. The number of urea groups is 1. The summed E-state index contributed by atoms with van der Waals surface area (Å²) in [7, 11) is 1.75. The molecule has 0 unspecified atom stereocenters. The quantitative estimate of drug-likeness (QED) is 0.223. The molecule has 10 heteroatoms. The molecule has 1 aromatic heterocycles. The molecular weight excluding hydrogens is 598 g/mol. The van der Waals surface area contributed by atoms with Crippen molar-refractivity contribution in [1.29, 1.82) is 0 Å². The monoisotopic (exact) mass is 633 g/mol. The topological polar surface area (TPSA) is 117 Å². The molecule has 0 fully saturated rings. The number of aryl methyl sites for hydroxylation is 1. The third-order valence-electron chi connectivity index (χ3n) is 6.67. The Kier molecular flexibility index (Phi) is 9.67. The zero-order valence-corrected chi connectivity index (χ0v) is 26.0. The van der Waals surface area contributed by atoms with Gasteiger partial charge in [0.2, 0.25) is 5.91 Å². The maximum Gasteiger partial charge on any atom is 0.348 e. The zero-order valence-electron chi connectivity index (χ0n) is 24.5. The maximum absolute atomic E-state index is 13.7. The van der Waals surface area contributed by atoms with Crippen molar-refractivity contribution in [3.63, 3.8) is 0 Å². The summed E-state index contributed by atoms with van der Waals surface area (Å²) in [5.41, 5.74) is 2.77. The first-order valence-electron chi connectivity index (χ1n) is 13.7. The van der Waals surface area contributed by atoms with Crippen molar-refractivity contribution in [2.75, 3.05) is 12.4 Å². The smallest absolute Gasteiger partial charge is 0.348 e. The fourth-order valence-electron chi connectivity index (χ4n) is 4.62. The predicted molar refractivity (Wildman–Crippen MR) is 168 cm³/mol. The second-order valence-electron chi connectivity index (χ2n) is 11.3. The van der Waals surface area contributed by atoms with E-state index in [1.165, 1.54) is 0 Å². The van der Waals surface area contributed by atoms with Gasteiger partial charge in [0.15, 0.2) is 0 Å². The largest absolute Gasteiger partial charge is 0.389 e. The van der Waals surface area contributed by atoms with E-state index in [0.717, 1.165) is 16.7 Å². The average molecular weight is 635 g/mol. The molecule has 1 atom stereocenters. The van der Waals surface area contributed by atoms with Crippen LogP contribution in [0, 0.1) is 6.92 Å². The molecule has 0 aliphatic rings. The van der Waals surface area contributed by atoms with Crippen molar-refractivity contribution in [3.05, 3.63) is 104 Å².